The first-order valence-electron chi connectivity index (χ1n) is 8.55. The van der Waals surface area contributed by atoms with Crippen LogP contribution < -0.4 is 14.5 Å². The van der Waals surface area contributed by atoms with Crippen LogP contribution in [0.15, 0.2) is 24.3 Å². The van der Waals surface area contributed by atoms with Crippen LogP contribution in [0.3, 0.4) is 0 Å². The van der Waals surface area contributed by atoms with Crippen molar-refractivity contribution in [3.8, 4) is 0 Å². The first-order valence-corrected chi connectivity index (χ1v) is 10.4. The summed E-state index contributed by atoms with van der Waals surface area (Å²) in [5, 5.41) is 2.89. The summed E-state index contributed by atoms with van der Waals surface area (Å²) in [6, 6.07) is 7.87. The predicted molar refractivity (Wildman–Crippen MR) is 95.9 cm³/mol. The summed E-state index contributed by atoms with van der Waals surface area (Å²) in [6.45, 7) is 2.27. The third kappa shape index (κ3) is 4.41. The van der Waals surface area contributed by atoms with Gasteiger partial charge in [-0.05, 0) is 49.9 Å². The standard InChI is InChI=1S/C17H25N3O3S/c1-24(22,23)20(13-10-17(21)18-14-4-5-14)16-8-6-15(7-9-16)19-11-2-3-12-19/h6-9,14H,2-5,10-13H2,1H3,(H,18,21). The molecule has 6 nitrogen and oxygen atoms in total. The summed E-state index contributed by atoms with van der Waals surface area (Å²) in [5.41, 5.74) is 1.73. The third-order valence-electron chi connectivity index (χ3n) is 4.49. The Labute approximate surface area is 143 Å². The fourth-order valence-electron chi connectivity index (χ4n) is 3.02. The molecule has 3 rings (SSSR count). The number of rotatable bonds is 7. The largest absolute Gasteiger partial charge is 0.372 e. The summed E-state index contributed by atoms with van der Waals surface area (Å²) in [5.74, 6) is -0.0835. The molecule has 24 heavy (non-hydrogen) atoms. The van der Waals surface area contributed by atoms with Gasteiger partial charge in [-0.3, -0.25) is 9.10 Å². The minimum absolute atomic E-state index is 0.0835. The average Bonchev–Trinajstić information content (AvgIpc) is 3.16. The van der Waals surface area contributed by atoms with Crippen molar-refractivity contribution >= 4 is 27.3 Å². The molecule has 1 heterocycles. The van der Waals surface area contributed by atoms with E-state index in [4.69, 9.17) is 0 Å². The maximum atomic E-state index is 12.1. The Bertz CT molecular complexity index is 678. The van der Waals surface area contributed by atoms with E-state index in [0.717, 1.165) is 31.6 Å². The highest BCUT2D eigenvalue weighted by Crippen LogP contribution is 2.25. The number of benzene rings is 1. The summed E-state index contributed by atoms with van der Waals surface area (Å²) in [4.78, 5) is 14.1. The number of hydrogen-bond donors (Lipinski definition) is 1. The molecule has 1 amide bonds. The Morgan fingerprint density at radius 2 is 1.83 bits per heavy atom. The van der Waals surface area contributed by atoms with Crippen LogP contribution in [0, 0.1) is 0 Å². The van der Waals surface area contributed by atoms with Crippen LogP contribution in [-0.2, 0) is 14.8 Å². The molecule has 1 aromatic rings. The van der Waals surface area contributed by atoms with E-state index in [1.807, 2.05) is 24.3 Å². The number of hydrogen-bond acceptors (Lipinski definition) is 4. The van der Waals surface area contributed by atoms with E-state index in [2.05, 4.69) is 10.2 Å². The number of carbonyl (C=O) groups is 1. The zero-order valence-corrected chi connectivity index (χ0v) is 14.9. The number of carbonyl (C=O) groups excluding carboxylic acids is 1. The van der Waals surface area contributed by atoms with Crippen molar-refractivity contribution in [3.05, 3.63) is 24.3 Å². The van der Waals surface area contributed by atoms with Crippen molar-refractivity contribution in [1.82, 2.24) is 5.32 Å². The maximum absolute atomic E-state index is 12.1. The molecule has 1 saturated heterocycles. The van der Waals surface area contributed by atoms with Crippen molar-refractivity contribution in [1.29, 1.82) is 0 Å². The number of sulfonamides is 1. The number of nitrogens with one attached hydrogen (secondary N) is 1. The lowest BCUT2D eigenvalue weighted by Crippen LogP contribution is -2.35. The fourth-order valence-corrected chi connectivity index (χ4v) is 3.95. The molecular formula is C17H25N3O3S. The van der Waals surface area contributed by atoms with Gasteiger partial charge < -0.3 is 10.2 Å². The fraction of sp³-hybridized carbons (Fsp3) is 0.588. The quantitative estimate of drug-likeness (QED) is 0.812. The normalized spacial score (nSPS) is 17.8. The first-order chi connectivity index (χ1) is 11.4. The molecule has 1 aromatic carbocycles. The van der Waals surface area contributed by atoms with Crippen LogP contribution in [0.1, 0.15) is 32.1 Å². The monoisotopic (exact) mass is 351 g/mol. The molecule has 0 spiro atoms. The van der Waals surface area contributed by atoms with E-state index in [-0.39, 0.29) is 18.9 Å². The molecule has 1 N–H and O–H groups in total. The molecule has 0 bridgehead atoms. The minimum Gasteiger partial charge on any atom is -0.372 e. The van der Waals surface area contributed by atoms with Crippen molar-refractivity contribution in [2.24, 2.45) is 0 Å². The third-order valence-corrected chi connectivity index (χ3v) is 5.69. The summed E-state index contributed by atoms with van der Waals surface area (Å²) < 4.78 is 25.5. The molecule has 7 heteroatoms. The number of anilines is 2. The van der Waals surface area contributed by atoms with Crippen molar-refractivity contribution in [2.75, 3.05) is 35.1 Å². The van der Waals surface area contributed by atoms with Gasteiger partial charge in [0, 0.05) is 37.8 Å². The zero-order valence-electron chi connectivity index (χ0n) is 14.1. The Kier molecular flexibility index (Phi) is 4.99. The predicted octanol–water partition coefficient (Wildman–Crippen LogP) is 1.72. The first kappa shape index (κ1) is 17.1. The highest BCUT2D eigenvalue weighted by atomic mass is 32.2. The molecule has 0 aromatic heterocycles. The Morgan fingerprint density at radius 3 is 2.38 bits per heavy atom. The van der Waals surface area contributed by atoms with Crippen molar-refractivity contribution in [3.63, 3.8) is 0 Å². The van der Waals surface area contributed by atoms with Gasteiger partial charge in [-0.25, -0.2) is 8.42 Å². The molecule has 0 unspecified atom stereocenters. The molecule has 132 valence electrons. The Morgan fingerprint density at radius 1 is 1.21 bits per heavy atom. The van der Waals surface area contributed by atoms with Crippen molar-refractivity contribution < 1.29 is 13.2 Å². The molecule has 2 aliphatic rings. The van der Waals surface area contributed by atoms with Crippen LogP contribution in [0.5, 0.6) is 0 Å². The van der Waals surface area contributed by atoms with Crippen LogP contribution in [0.2, 0.25) is 0 Å². The lowest BCUT2D eigenvalue weighted by atomic mass is 10.2. The van der Waals surface area contributed by atoms with Gasteiger partial charge in [-0.1, -0.05) is 0 Å². The summed E-state index contributed by atoms with van der Waals surface area (Å²) in [6.07, 6.45) is 5.82. The Balaban J connectivity index is 1.67. The topological polar surface area (TPSA) is 69.7 Å². The highest BCUT2D eigenvalue weighted by Gasteiger charge is 2.24. The molecule has 2 fully saturated rings. The zero-order chi connectivity index (χ0) is 17.2. The van der Waals surface area contributed by atoms with Crippen LogP contribution in [0.4, 0.5) is 11.4 Å². The van der Waals surface area contributed by atoms with Gasteiger partial charge in [0.2, 0.25) is 15.9 Å². The summed E-state index contributed by atoms with van der Waals surface area (Å²) in [7, 11) is -3.42. The van der Waals surface area contributed by atoms with Crippen LogP contribution in [0.25, 0.3) is 0 Å². The number of nitrogens with zero attached hydrogens (tertiary/aromatic N) is 2. The van der Waals surface area contributed by atoms with Gasteiger partial charge in [-0.15, -0.1) is 0 Å². The second-order valence-electron chi connectivity index (χ2n) is 6.64. The second kappa shape index (κ2) is 7.01. The lowest BCUT2D eigenvalue weighted by molar-refractivity contribution is -0.121. The molecule has 1 aliphatic heterocycles. The summed E-state index contributed by atoms with van der Waals surface area (Å²) >= 11 is 0. The van der Waals surface area contributed by atoms with Gasteiger partial charge in [0.15, 0.2) is 0 Å². The van der Waals surface area contributed by atoms with Gasteiger partial charge in [0.05, 0.1) is 11.9 Å². The van der Waals surface area contributed by atoms with Crippen LogP contribution >= 0.6 is 0 Å². The SMILES string of the molecule is CS(=O)(=O)N(CCC(=O)NC1CC1)c1ccc(N2CCCC2)cc1. The van der Waals surface area contributed by atoms with E-state index < -0.39 is 10.0 Å². The van der Waals surface area contributed by atoms with E-state index in [0.29, 0.717) is 11.7 Å². The molecule has 0 radical (unpaired) electrons. The minimum atomic E-state index is -3.42. The van der Waals surface area contributed by atoms with Gasteiger partial charge >= 0.3 is 0 Å². The van der Waals surface area contributed by atoms with E-state index in [1.54, 1.807) is 0 Å². The van der Waals surface area contributed by atoms with Gasteiger partial charge in [0.1, 0.15) is 0 Å². The molecule has 1 aliphatic carbocycles. The number of amides is 1. The Hall–Kier alpha value is -1.76. The van der Waals surface area contributed by atoms with Crippen LogP contribution in [-0.4, -0.2) is 46.3 Å². The van der Waals surface area contributed by atoms with Gasteiger partial charge in [0.25, 0.3) is 0 Å². The van der Waals surface area contributed by atoms with E-state index >= 15 is 0 Å². The molecular weight excluding hydrogens is 326 g/mol. The van der Waals surface area contributed by atoms with E-state index in [9.17, 15) is 13.2 Å². The van der Waals surface area contributed by atoms with Gasteiger partial charge in [-0.2, -0.15) is 0 Å². The lowest BCUT2D eigenvalue weighted by Gasteiger charge is -2.24. The smallest absolute Gasteiger partial charge is 0.232 e. The maximum Gasteiger partial charge on any atom is 0.232 e. The van der Waals surface area contributed by atoms with Crippen molar-refractivity contribution in [2.45, 2.75) is 38.1 Å². The average molecular weight is 351 g/mol. The second-order valence-corrected chi connectivity index (χ2v) is 8.54. The molecule has 0 atom stereocenters. The molecule has 1 saturated carbocycles. The highest BCUT2D eigenvalue weighted by molar-refractivity contribution is 7.92. The van der Waals surface area contributed by atoms with E-state index in [1.165, 1.54) is 23.4 Å².